The molecule has 4 nitrogen and oxygen atoms in total. The van der Waals surface area contributed by atoms with Gasteiger partial charge in [-0.15, -0.1) is 0 Å². The van der Waals surface area contributed by atoms with Gasteiger partial charge in [-0.3, -0.25) is 14.5 Å². The van der Waals surface area contributed by atoms with Gasteiger partial charge in [-0.1, -0.05) is 66.7 Å². The molecular formula is C28H19FINO3S. The Morgan fingerprint density at radius 1 is 0.914 bits per heavy atom. The highest BCUT2D eigenvalue weighted by molar-refractivity contribution is 14.1. The lowest BCUT2D eigenvalue weighted by atomic mass is 10.0. The lowest BCUT2D eigenvalue weighted by Gasteiger charge is -2.14. The van der Waals surface area contributed by atoms with Crippen molar-refractivity contribution in [3.05, 3.63) is 116 Å². The number of hydrogen-bond donors (Lipinski definition) is 0. The summed E-state index contributed by atoms with van der Waals surface area (Å²) in [5, 5.41) is 1.81. The van der Waals surface area contributed by atoms with E-state index in [-0.39, 0.29) is 30.1 Å². The quantitative estimate of drug-likeness (QED) is 0.172. The van der Waals surface area contributed by atoms with Crippen LogP contribution >= 0.6 is 34.4 Å². The second-order valence-corrected chi connectivity index (χ2v) is 10.1. The topological polar surface area (TPSA) is 46.6 Å². The second kappa shape index (κ2) is 10.2. The van der Waals surface area contributed by atoms with E-state index in [9.17, 15) is 14.0 Å². The largest absolute Gasteiger partial charge is 0.488 e. The predicted molar refractivity (Wildman–Crippen MR) is 145 cm³/mol. The van der Waals surface area contributed by atoms with E-state index in [4.69, 9.17) is 4.74 Å². The molecule has 4 aromatic rings. The molecule has 35 heavy (non-hydrogen) atoms. The molecule has 1 aliphatic rings. The number of carbonyl (C=O) groups excluding carboxylic acids is 2. The summed E-state index contributed by atoms with van der Waals surface area (Å²) in [6.07, 6.45) is 1.72. The molecule has 0 bridgehead atoms. The molecular weight excluding hydrogens is 576 g/mol. The van der Waals surface area contributed by atoms with Gasteiger partial charge in [0.15, 0.2) is 0 Å². The maximum absolute atomic E-state index is 13.8. The van der Waals surface area contributed by atoms with Crippen LogP contribution in [0.5, 0.6) is 5.75 Å². The number of halogens is 2. The third-order valence-electron chi connectivity index (χ3n) is 5.68. The van der Waals surface area contributed by atoms with Gasteiger partial charge in [0.2, 0.25) is 0 Å². The first kappa shape index (κ1) is 23.6. The molecule has 1 fully saturated rings. The number of imide groups is 1. The van der Waals surface area contributed by atoms with Gasteiger partial charge in [0, 0.05) is 5.56 Å². The highest BCUT2D eigenvalue weighted by Gasteiger charge is 2.35. The van der Waals surface area contributed by atoms with E-state index in [1.165, 1.54) is 11.0 Å². The second-order valence-electron chi connectivity index (χ2n) is 7.98. The van der Waals surface area contributed by atoms with Crippen molar-refractivity contribution in [2.45, 2.75) is 13.2 Å². The lowest BCUT2D eigenvalue weighted by molar-refractivity contribution is -0.123. The van der Waals surface area contributed by atoms with Crippen molar-refractivity contribution in [1.82, 2.24) is 4.90 Å². The van der Waals surface area contributed by atoms with Gasteiger partial charge in [-0.25, -0.2) is 4.39 Å². The molecule has 0 unspecified atom stereocenters. The van der Waals surface area contributed by atoms with Gasteiger partial charge in [0.05, 0.1) is 15.0 Å². The van der Waals surface area contributed by atoms with E-state index in [1.807, 2.05) is 54.6 Å². The molecule has 0 spiro atoms. The third-order valence-corrected chi connectivity index (χ3v) is 7.43. The lowest BCUT2D eigenvalue weighted by Crippen LogP contribution is -2.27. The summed E-state index contributed by atoms with van der Waals surface area (Å²) >= 11 is 3.09. The smallest absolute Gasteiger partial charge is 0.293 e. The summed E-state index contributed by atoms with van der Waals surface area (Å²) in [7, 11) is 0. The van der Waals surface area contributed by atoms with Gasteiger partial charge in [-0.2, -0.15) is 0 Å². The fraction of sp³-hybridized carbons (Fsp3) is 0.0714. The van der Waals surface area contributed by atoms with E-state index in [1.54, 1.807) is 30.3 Å². The van der Waals surface area contributed by atoms with Crippen molar-refractivity contribution in [2.75, 3.05) is 0 Å². The molecule has 4 aromatic carbocycles. The van der Waals surface area contributed by atoms with E-state index >= 15 is 0 Å². The van der Waals surface area contributed by atoms with Crippen LogP contribution in [0.1, 0.15) is 16.7 Å². The van der Waals surface area contributed by atoms with Crippen molar-refractivity contribution in [2.24, 2.45) is 0 Å². The number of ether oxygens (including phenoxy) is 1. The highest BCUT2D eigenvalue weighted by Crippen LogP contribution is 2.35. The van der Waals surface area contributed by atoms with Crippen LogP contribution in [-0.4, -0.2) is 16.0 Å². The molecule has 0 radical (unpaired) electrons. The number of hydrogen-bond acceptors (Lipinski definition) is 4. The van der Waals surface area contributed by atoms with Gasteiger partial charge in [-0.05, 0) is 80.5 Å². The Hall–Kier alpha value is -3.17. The molecule has 2 amide bonds. The van der Waals surface area contributed by atoms with Crippen molar-refractivity contribution >= 4 is 62.3 Å². The van der Waals surface area contributed by atoms with E-state index in [0.29, 0.717) is 16.2 Å². The van der Waals surface area contributed by atoms with Crippen LogP contribution in [0.2, 0.25) is 0 Å². The number of thioether (sulfide) groups is 1. The Labute approximate surface area is 219 Å². The average molecular weight is 595 g/mol. The molecule has 1 saturated heterocycles. The Morgan fingerprint density at radius 3 is 2.49 bits per heavy atom. The predicted octanol–water partition coefficient (Wildman–Crippen LogP) is 7.40. The summed E-state index contributed by atoms with van der Waals surface area (Å²) in [5.74, 6) is 0.0104. The molecule has 0 atom stereocenters. The molecule has 174 valence electrons. The van der Waals surface area contributed by atoms with E-state index in [2.05, 4.69) is 22.6 Å². The molecule has 7 heteroatoms. The molecule has 0 aromatic heterocycles. The summed E-state index contributed by atoms with van der Waals surface area (Å²) < 4.78 is 20.4. The van der Waals surface area contributed by atoms with Crippen LogP contribution in [0.4, 0.5) is 9.18 Å². The first-order valence-electron chi connectivity index (χ1n) is 10.9. The Morgan fingerprint density at radius 2 is 1.66 bits per heavy atom. The molecule has 1 heterocycles. The number of fused-ring (bicyclic) bond motifs is 1. The van der Waals surface area contributed by atoms with Crippen molar-refractivity contribution in [3.8, 4) is 5.75 Å². The van der Waals surface area contributed by atoms with Crippen LogP contribution < -0.4 is 4.74 Å². The molecule has 0 aliphatic carbocycles. The van der Waals surface area contributed by atoms with Crippen LogP contribution in [0.3, 0.4) is 0 Å². The summed E-state index contributed by atoms with van der Waals surface area (Å²) in [4.78, 5) is 27.4. The zero-order valence-corrected chi connectivity index (χ0v) is 21.4. The van der Waals surface area contributed by atoms with Crippen molar-refractivity contribution in [1.29, 1.82) is 0 Å². The minimum absolute atomic E-state index is 0.120. The van der Waals surface area contributed by atoms with Gasteiger partial charge in [0.1, 0.15) is 18.2 Å². The molecule has 1 aliphatic heterocycles. The zero-order chi connectivity index (χ0) is 24.4. The standard InChI is InChI=1S/C28H19FINO3S/c29-23-11-4-2-7-21(23)17-34-25-13-12-18(14-24(25)30)15-26-27(32)31(28(33)35-26)16-20-9-5-8-19-6-1-3-10-22(19)20/h1-15H,16-17H2/b26-15+. The number of benzene rings is 4. The van der Waals surface area contributed by atoms with Gasteiger partial charge < -0.3 is 4.74 Å². The summed E-state index contributed by atoms with van der Waals surface area (Å²) in [5.41, 5.74) is 2.19. The van der Waals surface area contributed by atoms with Gasteiger partial charge >= 0.3 is 0 Å². The van der Waals surface area contributed by atoms with Crippen LogP contribution in [0.15, 0.2) is 89.8 Å². The van der Waals surface area contributed by atoms with Crippen LogP contribution in [0, 0.1) is 9.39 Å². The summed E-state index contributed by atoms with van der Waals surface area (Å²) in [6, 6.07) is 25.8. The minimum Gasteiger partial charge on any atom is -0.488 e. The number of amides is 2. The fourth-order valence-electron chi connectivity index (χ4n) is 3.88. The maximum Gasteiger partial charge on any atom is 0.293 e. The van der Waals surface area contributed by atoms with Crippen LogP contribution in [-0.2, 0) is 17.9 Å². The van der Waals surface area contributed by atoms with Gasteiger partial charge in [0.25, 0.3) is 11.1 Å². The van der Waals surface area contributed by atoms with Crippen LogP contribution in [0.25, 0.3) is 16.8 Å². The van der Waals surface area contributed by atoms with Crippen molar-refractivity contribution in [3.63, 3.8) is 0 Å². The Kier molecular flexibility index (Phi) is 6.88. The number of carbonyl (C=O) groups is 2. The maximum atomic E-state index is 13.8. The molecule has 0 N–H and O–H groups in total. The molecule has 5 rings (SSSR count). The number of nitrogens with zero attached hydrogens (tertiary/aromatic N) is 1. The monoisotopic (exact) mass is 595 g/mol. The molecule has 0 saturated carbocycles. The minimum atomic E-state index is -0.307. The van der Waals surface area contributed by atoms with E-state index < -0.39 is 0 Å². The zero-order valence-electron chi connectivity index (χ0n) is 18.4. The summed E-state index contributed by atoms with van der Waals surface area (Å²) in [6.45, 7) is 0.346. The van der Waals surface area contributed by atoms with Crippen molar-refractivity contribution < 1.29 is 18.7 Å². The first-order chi connectivity index (χ1) is 17.0. The third kappa shape index (κ3) is 5.11. The first-order valence-corrected chi connectivity index (χ1v) is 12.8. The Bertz CT molecular complexity index is 1480. The average Bonchev–Trinajstić information content (AvgIpc) is 3.12. The SMILES string of the molecule is O=C1S/C(=C/c2ccc(OCc3ccccc3F)c(I)c2)C(=O)N1Cc1cccc2ccccc12. The Balaban J connectivity index is 1.31. The highest BCUT2D eigenvalue weighted by atomic mass is 127. The van der Waals surface area contributed by atoms with E-state index in [0.717, 1.165) is 37.2 Å². The number of rotatable bonds is 6. The normalized spacial score (nSPS) is 14.8. The fourth-order valence-corrected chi connectivity index (χ4v) is 5.42.